The van der Waals surface area contributed by atoms with E-state index >= 15 is 0 Å². The lowest BCUT2D eigenvalue weighted by Gasteiger charge is -2.33. The van der Waals surface area contributed by atoms with Crippen LogP contribution in [0.15, 0.2) is 53.2 Å². The van der Waals surface area contributed by atoms with Crippen molar-refractivity contribution >= 4 is 0 Å². The number of halogens is 1. The van der Waals surface area contributed by atoms with Crippen molar-refractivity contribution in [1.29, 1.82) is 0 Å². The summed E-state index contributed by atoms with van der Waals surface area (Å²) in [6.07, 6.45) is 1.71. The Balaban J connectivity index is 1.29. The first-order valence-electron chi connectivity index (χ1n) is 8.69. The molecule has 6 nitrogen and oxygen atoms in total. The molecule has 1 saturated heterocycles. The standard InChI is InChI=1S/C19H20FN5O/c20-16-5-3-4-15(12-16)13-24-8-10-25(11-9-24)14-18-22-19(23-26-18)17-6-1-2-7-21-17/h1-7,12H,8-11,13-14H2. The number of aromatic nitrogens is 3. The van der Waals surface area contributed by atoms with Gasteiger partial charge in [0.25, 0.3) is 0 Å². The zero-order valence-electron chi connectivity index (χ0n) is 14.4. The Kier molecular flexibility index (Phi) is 4.99. The quantitative estimate of drug-likeness (QED) is 0.703. The highest BCUT2D eigenvalue weighted by Crippen LogP contribution is 2.15. The van der Waals surface area contributed by atoms with Crippen LogP contribution < -0.4 is 0 Å². The summed E-state index contributed by atoms with van der Waals surface area (Å²) in [6.45, 7) is 5.09. The number of piperazine rings is 1. The number of hydrogen-bond acceptors (Lipinski definition) is 6. The number of benzene rings is 1. The van der Waals surface area contributed by atoms with Gasteiger partial charge in [0.05, 0.1) is 6.54 Å². The van der Waals surface area contributed by atoms with Crippen LogP contribution in [0, 0.1) is 5.82 Å². The molecule has 0 unspecified atom stereocenters. The molecule has 1 aromatic carbocycles. The molecule has 7 heteroatoms. The van der Waals surface area contributed by atoms with Crippen LogP contribution in [-0.4, -0.2) is 51.1 Å². The van der Waals surface area contributed by atoms with Crippen molar-refractivity contribution in [2.75, 3.05) is 26.2 Å². The van der Waals surface area contributed by atoms with Gasteiger partial charge in [0.2, 0.25) is 11.7 Å². The molecule has 3 aromatic rings. The van der Waals surface area contributed by atoms with Gasteiger partial charge in [0, 0.05) is 38.9 Å². The topological polar surface area (TPSA) is 58.3 Å². The Labute approximate surface area is 151 Å². The molecule has 4 rings (SSSR count). The Bertz CT molecular complexity index is 846. The van der Waals surface area contributed by atoms with Crippen LogP contribution in [0.2, 0.25) is 0 Å². The molecule has 1 aliphatic rings. The summed E-state index contributed by atoms with van der Waals surface area (Å²) in [4.78, 5) is 13.3. The minimum Gasteiger partial charge on any atom is -0.337 e. The molecule has 2 aromatic heterocycles. The highest BCUT2D eigenvalue weighted by Gasteiger charge is 2.19. The van der Waals surface area contributed by atoms with Crippen LogP contribution in [0.5, 0.6) is 0 Å². The van der Waals surface area contributed by atoms with Crippen molar-refractivity contribution < 1.29 is 8.91 Å². The van der Waals surface area contributed by atoms with E-state index in [1.54, 1.807) is 18.3 Å². The molecule has 0 saturated carbocycles. The first-order valence-corrected chi connectivity index (χ1v) is 8.69. The van der Waals surface area contributed by atoms with Gasteiger partial charge < -0.3 is 4.52 Å². The maximum atomic E-state index is 13.3. The molecule has 1 fully saturated rings. The van der Waals surface area contributed by atoms with Gasteiger partial charge in [-0.15, -0.1) is 0 Å². The van der Waals surface area contributed by atoms with Crippen molar-refractivity contribution in [2.45, 2.75) is 13.1 Å². The molecule has 0 atom stereocenters. The zero-order chi connectivity index (χ0) is 17.8. The molecular formula is C19H20FN5O. The second kappa shape index (κ2) is 7.72. The van der Waals surface area contributed by atoms with E-state index in [0.29, 0.717) is 24.0 Å². The lowest BCUT2D eigenvalue weighted by atomic mass is 10.2. The predicted octanol–water partition coefficient (Wildman–Crippen LogP) is 2.59. The van der Waals surface area contributed by atoms with Gasteiger partial charge in [-0.3, -0.25) is 14.8 Å². The molecule has 0 aliphatic carbocycles. The smallest absolute Gasteiger partial charge is 0.241 e. The summed E-state index contributed by atoms with van der Waals surface area (Å²) in [5.74, 6) is 0.941. The average molecular weight is 353 g/mol. The number of pyridine rings is 1. The van der Waals surface area contributed by atoms with Gasteiger partial charge in [-0.1, -0.05) is 23.4 Å². The highest BCUT2D eigenvalue weighted by molar-refractivity contribution is 5.46. The van der Waals surface area contributed by atoms with E-state index in [0.717, 1.165) is 38.3 Å². The first kappa shape index (κ1) is 16.8. The van der Waals surface area contributed by atoms with Gasteiger partial charge in [-0.05, 0) is 29.8 Å². The second-order valence-corrected chi connectivity index (χ2v) is 6.41. The van der Waals surface area contributed by atoms with Gasteiger partial charge in [0.1, 0.15) is 11.5 Å². The van der Waals surface area contributed by atoms with Crippen molar-refractivity contribution in [1.82, 2.24) is 24.9 Å². The van der Waals surface area contributed by atoms with E-state index in [9.17, 15) is 4.39 Å². The second-order valence-electron chi connectivity index (χ2n) is 6.41. The fraction of sp³-hybridized carbons (Fsp3) is 0.316. The Morgan fingerprint density at radius 1 is 0.962 bits per heavy atom. The number of rotatable bonds is 5. The summed E-state index contributed by atoms with van der Waals surface area (Å²) in [6, 6.07) is 12.4. The van der Waals surface area contributed by atoms with E-state index in [1.165, 1.54) is 6.07 Å². The van der Waals surface area contributed by atoms with Crippen LogP contribution in [0.1, 0.15) is 11.5 Å². The van der Waals surface area contributed by atoms with E-state index in [1.807, 2.05) is 24.3 Å². The minimum atomic E-state index is -0.179. The SMILES string of the molecule is Fc1cccc(CN2CCN(Cc3nc(-c4ccccn4)no3)CC2)c1. The Hall–Kier alpha value is -2.64. The normalized spacial score (nSPS) is 16.0. The fourth-order valence-corrected chi connectivity index (χ4v) is 3.11. The summed E-state index contributed by atoms with van der Waals surface area (Å²) in [7, 11) is 0. The monoisotopic (exact) mass is 353 g/mol. The number of nitrogens with zero attached hydrogens (tertiary/aromatic N) is 5. The van der Waals surface area contributed by atoms with Crippen molar-refractivity contribution in [3.8, 4) is 11.5 Å². The first-order chi connectivity index (χ1) is 12.8. The molecule has 0 bridgehead atoms. The Morgan fingerprint density at radius 2 is 1.77 bits per heavy atom. The van der Waals surface area contributed by atoms with Crippen LogP contribution in [-0.2, 0) is 13.1 Å². The molecular weight excluding hydrogens is 333 g/mol. The molecule has 0 N–H and O–H groups in total. The summed E-state index contributed by atoms with van der Waals surface area (Å²) in [5, 5.41) is 4.01. The van der Waals surface area contributed by atoms with E-state index in [4.69, 9.17) is 4.52 Å². The van der Waals surface area contributed by atoms with Gasteiger partial charge in [-0.25, -0.2) is 4.39 Å². The molecule has 1 aliphatic heterocycles. The molecule has 26 heavy (non-hydrogen) atoms. The minimum absolute atomic E-state index is 0.179. The molecule has 134 valence electrons. The third-order valence-corrected chi connectivity index (χ3v) is 4.48. The largest absolute Gasteiger partial charge is 0.337 e. The third kappa shape index (κ3) is 4.12. The maximum Gasteiger partial charge on any atom is 0.241 e. The van der Waals surface area contributed by atoms with E-state index < -0.39 is 0 Å². The average Bonchev–Trinajstić information content (AvgIpc) is 3.13. The van der Waals surface area contributed by atoms with Crippen molar-refractivity contribution in [3.05, 3.63) is 65.9 Å². The maximum absolute atomic E-state index is 13.3. The van der Waals surface area contributed by atoms with Crippen LogP contribution in [0.4, 0.5) is 4.39 Å². The zero-order valence-corrected chi connectivity index (χ0v) is 14.4. The van der Waals surface area contributed by atoms with Gasteiger partial charge >= 0.3 is 0 Å². The summed E-state index contributed by atoms with van der Waals surface area (Å²) >= 11 is 0. The molecule has 3 heterocycles. The molecule has 0 spiro atoms. The van der Waals surface area contributed by atoms with Gasteiger partial charge in [0.15, 0.2) is 0 Å². The van der Waals surface area contributed by atoms with Crippen LogP contribution in [0.25, 0.3) is 11.5 Å². The lowest BCUT2D eigenvalue weighted by Crippen LogP contribution is -2.45. The molecule has 0 amide bonds. The lowest BCUT2D eigenvalue weighted by molar-refractivity contribution is 0.112. The highest BCUT2D eigenvalue weighted by atomic mass is 19.1. The van der Waals surface area contributed by atoms with E-state index in [2.05, 4.69) is 24.9 Å². The van der Waals surface area contributed by atoms with Crippen molar-refractivity contribution in [2.24, 2.45) is 0 Å². The van der Waals surface area contributed by atoms with Crippen LogP contribution >= 0.6 is 0 Å². The molecule has 0 radical (unpaired) electrons. The Morgan fingerprint density at radius 3 is 2.50 bits per heavy atom. The van der Waals surface area contributed by atoms with Gasteiger partial charge in [-0.2, -0.15) is 4.98 Å². The number of hydrogen-bond donors (Lipinski definition) is 0. The fourth-order valence-electron chi connectivity index (χ4n) is 3.11. The van der Waals surface area contributed by atoms with Crippen molar-refractivity contribution in [3.63, 3.8) is 0 Å². The predicted molar refractivity (Wildman–Crippen MR) is 94.5 cm³/mol. The van der Waals surface area contributed by atoms with E-state index in [-0.39, 0.29) is 5.82 Å². The summed E-state index contributed by atoms with van der Waals surface area (Å²) in [5.41, 5.74) is 1.72. The third-order valence-electron chi connectivity index (χ3n) is 4.48. The van der Waals surface area contributed by atoms with Crippen LogP contribution in [0.3, 0.4) is 0 Å². The summed E-state index contributed by atoms with van der Waals surface area (Å²) < 4.78 is 18.7.